The van der Waals surface area contributed by atoms with Gasteiger partial charge in [0.2, 0.25) is 0 Å². The average molecular weight is 488 g/mol. The SMILES string of the molecule is CC[C@H]1C(=O)C(C)(C)C(O)CC(=O)OC(/C=C/c2ccccn2)CC2O[C@]2(C)CCC[C@H](C)[C@@H]1O. The summed E-state index contributed by atoms with van der Waals surface area (Å²) in [6, 6.07) is 5.58. The number of aromatic nitrogens is 1. The summed E-state index contributed by atoms with van der Waals surface area (Å²) < 4.78 is 11.8. The Balaban J connectivity index is 1.83. The van der Waals surface area contributed by atoms with E-state index in [2.05, 4.69) is 11.9 Å². The molecule has 2 fully saturated rings. The van der Waals surface area contributed by atoms with Gasteiger partial charge in [0.25, 0.3) is 0 Å². The molecule has 194 valence electrons. The standard InChI is InChI=1S/C28H41NO6/c1-6-21-25(32)18(2)10-9-14-28(5)23(35-28)16-20(13-12-19-11-7-8-15-29-19)34-24(31)17-22(30)27(3,4)26(21)33/h7-8,11-13,15,18,20-23,25,30,32H,6,9-10,14,16-17H2,1-5H3/b13-12+/t18-,20?,21+,22?,23?,25-,28+/m0/s1. The van der Waals surface area contributed by atoms with Crippen molar-refractivity contribution in [3.63, 3.8) is 0 Å². The first-order valence-electron chi connectivity index (χ1n) is 12.8. The van der Waals surface area contributed by atoms with Gasteiger partial charge in [-0.3, -0.25) is 14.6 Å². The molecule has 7 nitrogen and oxygen atoms in total. The summed E-state index contributed by atoms with van der Waals surface area (Å²) >= 11 is 0. The van der Waals surface area contributed by atoms with E-state index < -0.39 is 35.6 Å². The molecule has 7 heteroatoms. The summed E-state index contributed by atoms with van der Waals surface area (Å²) in [5.74, 6) is -1.47. The molecule has 2 saturated heterocycles. The first-order valence-corrected chi connectivity index (χ1v) is 12.8. The zero-order valence-corrected chi connectivity index (χ0v) is 21.6. The molecule has 0 bridgehead atoms. The Labute approximate surface area is 208 Å². The van der Waals surface area contributed by atoms with Crippen LogP contribution in [-0.4, -0.2) is 57.0 Å². The van der Waals surface area contributed by atoms with E-state index in [1.807, 2.05) is 38.1 Å². The number of aliphatic hydroxyl groups is 2. The van der Waals surface area contributed by atoms with Crippen LogP contribution in [0.3, 0.4) is 0 Å². The minimum absolute atomic E-state index is 0.0480. The molecule has 0 saturated carbocycles. The smallest absolute Gasteiger partial charge is 0.309 e. The van der Waals surface area contributed by atoms with Crippen LogP contribution in [0.5, 0.6) is 0 Å². The summed E-state index contributed by atoms with van der Waals surface area (Å²) in [6.45, 7) is 9.18. The maximum Gasteiger partial charge on any atom is 0.309 e. The number of carbonyl (C=O) groups excluding carboxylic acids is 2. The van der Waals surface area contributed by atoms with Gasteiger partial charge in [-0.1, -0.05) is 40.2 Å². The van der Waals surface area contributed by atoms with E-state index in [1.165, 1.54) is 0 Å². The molecule has 7 atom stereocenters. The molecule has 0 amide bonds. The Morgan fingerprint density at radius 2 is 1.94 bits per heavy atom. The van der Waals surface area contributed by atoms with Crippen molar-refractivity contribution >= 4 is 17.8 Å². The lowest BCUT2D eigenvalue weighted by atomic mass is 9.71. The van der Waals surface area contributed by atoms with Crippen LogP contribution in [0, 0.1) is 17.3 Å². The second-order valence-corrected chi connectivity index (χ2v) is 11.0. The maximum absolute atomic E-state index is 13.4. The van der Waals surface area contributed by atoms with Gasteiger partial charge in [-0.15, -0.1) is 0 Å². The molecular formula is C28H41NO6. The molecule has 2 N–H and O–H groups in total. The number of epoxide rings is 1. The van der Waals surface area contributed by atoms with E-state index in [9.17, 15) is 19.8 Å². The van der Waals surface area contributed by atoms with E-state index in [0.717, 1.165) is 25.0 Å². The summed E-state index contributed by atoms with van der Waals surface area (Å²) in [5, 5.41) is 21.9. The molecule has 3 unspecified atom stereocenters. The summed E-state index contributed by atoms with van der Waals surface area (Å²) in [5.41, 5.74) is -0.748. The van der Waals surface area contributed by atoms with Gasteiger partial charge < -0.3 is 19.7 Å². The minimum Gasteiger partial charge on any atom is -0.458 e. The predicted molar refractivity (Wildman–Crippen MR) is 133 cm³/mol. The van der Waals surface area contributed by atoms with Crippen LogP contribution in [0.4, 0.5) is 0 Å². The Kier molecular flexibility index (Phi) is 8.89. The predicted octanol–water partition coefficient (Wildman–Crippen LogP) is 4.11. The van der Waals surface area contributed by atoms with Crippen molar-refractivity contribution in [3.05, 3.63) is 36.2 Å². The number of hydrogen-bond acceptors (Lipinski definition) is 7. The van der Waals surface area contributed by atoms with Gasteiger partial charge in [-0.05, 0) is 56.4 Å². The van der Waals surface area contributed by atoms with Gasteiger partial charge in [-0.25, -0.2) is 0 Å². The molecule has 3 heterocycles. The Morgan fingerprint density at radius 3 is 2.60 bits per heavy atom. The van der Waals surface area contributed by atoms with Crippen molar-refractivity contribution in [2.24, 2.45) is 17.3 Å². The van der Waals surface area contributed by atoms with E-state index in [-0.39, 0.29) is 29.8 Å². The summed E-state index contributed by atoms with van der Waals surface area (Å²) in [7, 11) is 0. The van der Waals surface area contributed by atoms with Crippen molar-refractivity contribution in [1.82, 2.24) is 4.98 Å². The van der Waals surface area contributed by atoms with Gasteiger partial charge in [0.05, 0.1) is 41.4 Å². The van der Waals surface area contributed by atoms with Crippen molar-refractivity contribution in [3.8, 4) is 0 Å². The molecular weight excluding hydrogens is 446 g/mol. The number of carbonyl (C=O) groups is 2. The number of esters is 1. The fourth-order valence-electron chi connectivity index (χ4n) is 5.06. The fourth-order valence-corrected chi connectivity index (χ4v) is 5.06. The van der Waals surface area contributed by atoms with Crippen molar-refractivity contribution in [1.29, 1.82) is 0 Å². The van der Waals surface area contributed by atoms with E-state index in [1.54, 1.807) is 26.1 Å². The number of Topliss-reactive ketones (excluding diaryl/α,β-unsaturated/α-hetero) is 1. The largest absolute Gasteiger partial charge is 0.458 e. The summed E-state index contributed by atoms with van der Waals surface area (Å²) in [4.78, 5) is 30.5. The number of aliphatic hydroxyl groups excluding tert-OH is 2. The van der Waals surface area contributed by atoms with Crippen LogP contribution in [0.15, 0.2) is 30.5 Å². The molecule has 0 aliphatic carbocycles. The summed E-state index contributed by atoms with van der Waals surface area (Å²) in [6.07, 6.45) is 5.82. The lowest BCUT2D eigenvalue weighted by Gasteiger charge is -2.35. The third kappa shape index (κ3) is 6.78. The number of cyclic esters (lactones) is 1. The van der Waals surface area contributed by atoms with Crippen LogP contribution in [0.2, 0.25) is 0 Å². The second-order valence-electron chi connectivity index (χ2n) is 11.0. The van der Waals surface area contributed by atoms with Crippen molar-refractivity contribution < 1.29 is 29.3 Å². The highest BCUT2D eigenvalue weighted by atomic mass is 16.6. The lowest BCUT2D eigenvalue weighted by molar-refractivity contribution is -0.154. The van der Waals surface area contributed by atoms with E-state index in [0.29, 0.717) is 12.8 Å². The molecule has 1 aromatic rings. The van der Waals surface area contributed by atoms with Crippen molar-refractivity contribution in [2.45, 2.75) is 103 Å². The maximum atomic E-state index is 13.4. The van der Waals surface area contributed by atoms with E-state index in [4.69, 9.17) is 9.47 Å². The zero-order chi connectivity index (χ0) is 25.8. The van der Waals surface area contributed by atoms with Crippen molar-refractivity contribution in [2.75, 3.05) is 0 Å². The van der Waals surface area contributed by atoms with Gasteiger partial charge in [0.1, 0.15) is 11.9 Å². The Bertz CT molecular complexity index is 900. The average Bonchev–Trinajstić information content (AvgIpc) is 3.45. The number of fused-ring (bicyclic) bond motifs is 1. The van der Waals surface area contributed by atoms with Crippen LogP contribution in [0.25, 0.3) is 6.08 Å². The number of rotatable bonds is 3. The van der Waals surface area contributed by atoms with Gasteiger partial charge >= 0.3 is 5.97 Å². The normalized spacial score (nSPS) is 37.0. The first kappa shape index (κ1) is 27.5. The fraction of sp³-hybridized carbons (Fsp3) is 0.679. The topological polar surface area (TPSA) is 109 Å². The van der Waals surface area contributed by atoms with Crippen LogP contribution in [-0.2, 0) is 19.1 Å². The third-order valence-electron chi connectivity index (χ3n) is 7.87. The number of ether oxygens (including phenoxy) is 2. The van der Waals surface area contributed by atoms with Crippen LogP contribution in [0.1, 0.15) is 78.8 Å². The monoisotopic (exact) mass is 487 g/mol. The number of hydrogen-bond donors (Lipinski definition) is 2. The second kappa shape index (κ2) is 11.3. The van der Waals surface area contributed by atoms with Crippen LogP contribution >= 0.6 is 0 Å². The van der Waals surface area contributed by atoms with Crippen LogP contribution < -0.4 is 0 Å². The highest BCUT2D eigenvalue weighted by molar-refractivity contribution is 5.88. The molecule has 35 heavy (non-hydrogen) atoms. The highest BCUT2D eigenvalue weighted by Gasteiger charge is 2.52. The Hall–Kier alpha value is -2.09. The van der Waals surface area contributed by atoms with Gasteiger partial charge in [0.15, 0.2) is 0 Å². The highest BCUT2D eigenvalue weighted by Crippen LogP contribution is 2.44. The molecule has 3 rings (SSSR count). The molecule has 0 aromatic carbocycles. The van der Waals surface area contributed by atoms with Gasteiger partial charge in [0, 0.05) is 18.5 Å². The lowest BCUT2D eigenvalue weighted by Crippen LogP contribution is -2.46. The number of pyridine rings is 1. The number of nitrogens with zero attached hydrogens (tertiary/aromatic N) is 1. The number of ketones is 1. The molecule has 2 aliphatic heterocycles. The molecule has 0 spiro atoms. The third-order valence-corrected chi connectivity index (χ3v) is 7.87. The molecule has 1 aromatic heterocycles. The Morgan fingerprint density at radius 1 is 1.20 bits per heavy atom. The molecule has 0 radical (unpaired) electrons. The van der Waals surface area contributed by atoms with Gasteiger partial charge in [-0.2, -0.15) is 0 Å². The minimum atomic E-state index is -1.23. The first-order chi connectivity index (χ1) is 16.5. The quantitative estimate of drug-likeness (QED) is 0.488. The van der Waals surface area contributed by atoms with E-state index >= 15 is 0 Å². The zero-order valence-electron chi connectivity index (χ0n) is 21.6. The molecule has 2 aliphatic rings.